The zero-order chi connectivity index (χ0) is 14.2. The summed E-state index contributed by atoms with van der Waals surface area (Å²) in [5.41, 5.74) is 4.35. The number of rotatable bonds is 7. The maximum atomic E-state index is 3.08. The van der Waals surface area contributed by atoms with Gasteiger partial charge in [0.15, 0.2) is 0 Å². The molecule has 0 bridgehead atoms. The van der Waals surface area contributed by atoms with Crippen LogP contribution in [0.5, 0.6) is 0 Å². The Bertz CT molecular complexity index is 481. The molecule has 0 heterocycles. The van der Waals surface area contributed by atoms with E-state index in [-0.39, 0.29) is 0 Å². The highest BCUT2D eigenvalue weighted by Crippen LogP contribution is 2.22. The summed E-state index contributed by atoms with van der Waals surface area (Å²) in [7, 11) is 0. The lowest BCUT2D eigenvalue weighted by molar-refractivity contribution is 0.679. The van der Waals surface area contributed by atoms with Gasteiger partial charge >= 0.3 is 0 Å². The Morgan fingerprint density at radius 3 is 2.20 bits per heavy atom. The summed E-state index contributed by atoms with van der Waals surface area (Å²) in [5.74, 6) is 0.624. The molecule has 0 amide bonds. The number of hydrogen-bond donors (Lipinski definition) is 0. The number of aryl methyl sites for hydroxylation is 2. The third-order valence-corrected chi connectivity index (χ3v) is 4.02. The highest BCUT2D eigenvalue weighted by atomic mass is 14.1. The summed E-state index contributed by atoms with van der Waals surface area (Å²) >= 11 is 0. The highest BCUT2D eigenvalue weighted by molar-refractivity contribution is 5.25. The molecule has 105 valence electrons. The van der Waals surface area contributed by atoms with Gasteiger partial charge in [0.05, 0.1) is 0 Å². The smallest absolute Gasteiger partial charge is 0.0184 e. The van der Waals surface area contributed by atoms with Gasteiger partial charge in [-0.1, -0.05) is 68.8 Å². The van der Waals surface area contributed by atoms with Crippen molar-refractivity contribution in [3.63, 3.8) is 0 Å². The number of benzene rings is 2. The number of hydrogen-bond acceptors (Lipinski definition) is 0. The summed E-state index contributed by atoms with van der Waals surface area (Å²) in [5, 5.41) is 0. The molecular weight excluding hydrogens is 240 g/mol. The topological polar surface area (TPSA) is 0 Å². The van der Waals surface area contributed by atoms with Gasteiger partial charge in [0, 0.05) is 0 Å². The standard InChI is InChI=1S/C20H25/c1-3-4-8-19-13-15-20(16-14-19)17(2)11-12-18-9-6-5-7-10-18/h6-7,9-10,13-17H,3-4,8,11-12H2,1-2H3. The van der Waals surface area contributed by atoms with Crippen molar-refractivity contribution in [1.29, 1.82) is 0 Å². The monoisotopic (exact) mass is 265 g/mol. The SMILES string of the molecule is CCCCc1ccc(C(C)CCc2cc[c]cc2)cc1. The Balaban J connectivity index is 1.87. The second-order valence-corrected chi connectivity index (χ2v) is 5.69. The van der Waals surface area contributed by atoms with Gasteiger partial charge in [-0.25, -0.2) is 0 Å². The quantitative estimate of drug-likeness (QED) is 0.614. The van der Waals surface area contributed by atoms with Crippen LogP contribution in [-0.4, -0.2) is 0 Å². The summed E-state index contributed by atoms with van der Waals surface area (Å²) in [6.45, 7) is 4.58. The molecule has 2 aromatic carbocycles. The molecule has 0 fully saturated rings. The maximum Gasteiger partial charge on any atom is -0.0184 e. The van der Waals surface area contributed by atoms with Crippen LogP contribution in [0.1, 0.15) is 55.7 Å². The first-order valence-corrected chi connectivity index (χ1v) is 7.83. The lowest BCUT2D eigenvalue weighted by atomic mass is 9.93. The van der Waals surface area contributed by atoms with E-state index in [1.54, 1.807) is 0 Å². The highest BCUT2D eigenvalue weighted by Gasteiger charge is 2.06. The van der Waals surface area contributed by atoms with E-state index in [2.05, 4.69) is 56.3 Å². The molecule has 1 unspecified atom stereocenters. The summed E-state index contributed by atoms with van der Waals surface area (Å²) in [4.78, 5) is 0. The fraction of sp³-hybridized carbons (Fsp3) is 0.400. The Morgan fingerprint density at radius 1 is 0.900 bits per heavy atom. The van der Waals surface area contributed by atoms with Gasteiger partial charge in [-0.15, -0.1) is 0 Å². The van der Waals surface area contributed by atoms with Crippen LogP contribution in [-0.2, 0) is 12.8 Å². The molecule has 0 aromatic heterocycles. The minimum absolute atomic E-state index is 0.624. The van der Waals surface area contributed by atoms with E-state index in [0.29, 0.717) is 5.92 Å². The van der Waals surface area contributed by atoms with Crippen LogP contribution in [0.15, 0.2) is 48.5 Å². The Kier molecular flexibility index (Phi) is 5.86. The van der Waals surface area contributed by atoms with E-state index in [9.17, 15) is 0 Å². The largest absolute Gasteiger partial charge is 0.0654 e. The summed E-state index contributed by atoms with van der Waals surface area (Å²) in [6.07, 6.45) is 6.13. The first-order chi connectivity index (χ1) is 9.79. The van der Waals surface area contributed by atoms with E-state index in [4.69, 9.17) is 0 Å². The summed E-state index contributed by atoms with van der Waals surface area (Å²) in [6, 6.07) is 20.7. The van der Waals surface area contributed by atoms with Crippen LogP contribution < -0.4 is 0 Å². The Labute approximate surface area is 123 Å². The molecule has 0 saturated heterocycles. The molecule has 0 heteroatoms. The fourth-order valence-electron chi connectivity index (χ4n) is 2.53. The molecule has 2 rings (SSSR count). The van der Waals surface area contributed by atoms with Gasteiger partial charge in [-0.3, -0.25) is 0 Å². The van der Waals surface area contributed by atoms with Gasteiger partial charge in [-0.2, -0.15) is 0 Å². The molecule has 0 aliphatic heterocycles. The lowest BCUT2D eigenvalue weighted by Gasteiger charge is -2.12. The first kappa shape index (κ1) is 14.8. The van der Waals surface area contributed by atoms with E-state index >= 15 is 0 Å². The molecule has 0 aliphatic carbocycles. The normalized spacial score (nSPS) is 12.3. The van der Waals surface area contributed by atoms with E-state index < -0.39 is 0 Å². The van der Waals surface area contributed by atoms with Crippen LogP contribution in [0.2, 0.25) is 0 Å². The Morgan fingerprint density at radius 2 is 1.55 bits per heavy atom. The molecule has 0 N–H and O–H groups in total. The average Bonchev–Trinajstić information content (AvgIpc) is 2.52. The first-order valence-electron chi connectivity index (χ1n) is 7.83. The average molecular weight is 265 g/mol. The number of unbranched alkanes of at least 4 members (excludes halogenated alkanes) is 1. The van der Waals surface area contributed by atoms with Gasteiger partial charge in [0.25, 0.3) is 0 Å². The van der Waals surface area contributed by atoms with Gasteiger partial charge in [0.1, 0.15) is 0 Å². The molecule has 20 heavy (non-hydrogen) atoms. The third-order valence-electron chi connectivity index (χ3n) is 4.02. The third kappa shape index (κ3) is 4.52. The van der Waals surface area contributed by atoms with E-state index in [0.717, 1.165) is 6.42 Å². The van der Waals surface area contributed by atoms with Crippen molar-refractivity contribution in [2.75, 3.05) is 0 Å². The van der Waals surface area contributed by atoms with Crippen molar-refractivity contribution in [3.05, 3.63) is 71.3 Å². The molecule has 0 nitrogen and oxygen atoms in total. The minimum Gasteiger partial charge on any atom is -0.0654 e. The van der Waals surface area contributed by atoms with E-state index in [1.807, 2.05) is 12.1 Å². The van der Waals surface area contributed by atoms with E-state index in [1.165, 1.54) is 42.4 Å². The predicted molar refractivity (Wildman–Crippen MR) is 87.1 cm³/mol. The molecule has 0 aliphatic rings. The van der Waals surface area contributed by atoms with Crippen LogP contribution >= 0.6 is 0 Å². The van der Waals surface area contributed by atoms with Crippen LogP contribution in [0.25, 0.3) is 0 Å². The van der Waals surface area contributed by atoms with Crippen molar-refractivity contribution in [2.24, 2.45) is 0 Å². The summed E-state index contributed by atoms with van der Waals surface area (Å²) < 4.78 is 0. The van der Waals surface area contributed by atoms with Crippen LogP contribution in [0.3, 0.4) is 0 Å². The second-order valence-electron chi connectivity index (χ2n) is 5.69. The van der Waals surface area contributed by atoms with Crippen LogP contribution in [0, 0.1) is 6.07 Å². The van der Waals surface area contributed by atoms with Crippen molar-refractivity contribution in [2.45, 2.75) is 51.9 Å². The second kappa shape index (κ2) is 7.89. The minimum atomic E-state index is 0.624. The van der Waals surface area contributed by atoms with Crippen LogP contribution in [0.4, 0.5) is 0 Å². The molecule has 0 saturated carbocycles. The van der Waals surface area contributed by atoms with Crippen molar-refractivity contribution < 1.29 is 0 Å². The molecule has 2 aromatic rings. The van der Waals surface area contributed by atoms with Crippen molar-refractivity contribution in [3.8, 4) is 0 Å². The lowest BCUT2D eigenvalue weighted by Crippen LogP contribution is -1.97. The molecule has 1 radical (unpaired) electrons. The molecule has 1 atom stereocenters. The van der Waals surface area contributed by atoms with Crippen molar-refractivity contribution >= 4 is 0 Å². The molecular formula is C20H25. The molecule has 0 spiro atoms. The maximum absolute atomic E-state index is 3.08. The fourth-order valence-corrected chi connectivity index (χ4v) is 2.53. The van der Waals surface area contributed by atoms with Gasteiger partial charge < -0.3 is 0 Å². The van der Waals surface area contributed by atoms with Gasteiger partial charge in [-0.05, 0) is 54.4 Å². The Hall–Kier alpha value is -1.56. The zero-order valence-corrected chi connectivity index (χ0v) is 12.7. The zero-order valence-electron chi connectivity index (χ0n) is 12.7. The van der Waals surface area contributed by atoms with Crippen molar-refractivity contribution in [1.82, 2.24) is 0 Å². The predicted octanol–water partition coefficient (Wildman–Crippen LogP) is 5.57. The van der Waals surface area contributed by atoms with Gasteiger partial charge in [0.2, 0.25) is 0 Å².